The van der Waals surface area contributed by atoms with Crippen molar-refractivity contribution in [3.63, 3.8) is 0 Å². The summed E-state index contributed by atoms with van der Waals surface area (Å²) in [7, 11) is -3.61. The Hall–Kier alpha value is -3.67. The van der Waals surface area contributed by atoms with Gasteiger partial charge in [-0.15, -0.1) is 0 Å². The number of sulfone groups is 1. The van der Waals surface area contributed by atoms with Crippen LogP contribution in [0.4, 0.5) is 10.3 Å². The number of aryl methyl sites for hydroxylation is 1. The maximum absolute atomic E-state index is 15.1. The molecule has 2 aromatic heterocycles. The number of halogens is 1. The molecule has 9 nitrogen and oxygen atoms in total. The molecule has 42 heavy (non-hydrogen) atoms. The molecule has 6 rings (SSSR count). The zero-order chi connectivity index (χ0) is 29.1. The number of pyridine rings is 1. The van der Waals surface area contributed by atoms with Crippen molar-refractivity contribution in [3.8, 4) is 22.9 Å². The van der Waals surface area contributed by atoms with E-state index in [1.807, 2.05) is 19.1 Å². The molecule has 0 spiro atoms. The second-order valence-corrected chi connectivity index (χ2v) is 13.0. The van der Waals surface area contributed by atoms with Gasteiger partial charge in [0.05, 0.1) is 28.9 Å². The highest BCUT2D eigenvalue weighted by molar-refractivity contribution is 7.90. The van der Waals surface area contributed by atoms with Gasteiger partial charge in [-0.1, -0.05) is 12.1 Å². The Labute approximate surface area is 244 Å². The van der Waals surface area contributed by atoms with Crippen molar-refractivity contribution in [1.82, 2.24) is 20.3 Å². The normalized spacial score (nSPS) is 19.2. The fourth-order valence-electron chi connectivity index (χ4n) is 5.64. The van der Waals surface area contributed by atoms with Crippen LogP contribution in [-0.2, 0) is 20.3 Å². The van der Waals surface area contributed by atoms with Crippen molar-refractivity contribution in [1.29, 1.82) is 0 Å². The Bertz CT molecular complexity index is 1690. The number of benzene rings is 2. The van der Waals surface area contributed by atoms with Crippen molar-refractivity contribution in [2.75, 3.05) is 30.8 Å². The average Bonchev–Trinajstić information content (AvgIpc) is 3.49. The summed E-state index contributed by atoms with van der Waals surface area (Å²) in [6.45, 7) is 4.32. The summed E-state index contributed by atoms with van der Waals surface area (Å²) in [4.78, 5) is 13.6. The molecule has 11 heteroatoms. The summed E-state index contributed by atoms with van der Waals surface area (Å²) in [5.74, 6) is 0.227. The highest BCUT2D eigenvalue weighted by atomic mass is 32.2. The fraction of sp³-hybridized carbons (Fsp3) is 0.387. The number of hydrogen-bond acceptors (Lipinski definition) is 9. The molecule has 2 aromatic carbocycles. The van der Waals surface area contributed by atoms with E-state index in [1.165, 1.54) is 6.07 Å². The van der Waals surface area contributed by atoms with Gasteiger partial charge in [0.25, 0.3) is 0 Å². The second-order valence-electron chi connectivity index (χ2n) is 10.9. The number of anilines is 1. The SMILES string of the molecule is Cc1ccc2c(CS(=O)(=O)C[C@@H]3CCCO3)c(F)ccc2c1Oc1ncccc1-c1ccnc(N[C@H]2CCCNC2)n1. The molecular formula is C31H34FN5O4S. The fourth-order valence-corrected chi connectivity index (χ4v) is 7.32. The predicted octanol–water partition coefficient (Wildman–Crippen LogP) is 5.19. The summed E-state index contributed by atoms with van der Waals surface area (Å²) < 4.78 is 53.2. The molecule has 2 N–H and O–H groups in total. The molecule has 0 saturated carbocycles. The Morgan fingerprint density at radius 3 is 2.76 bits per heavy atom. The number of aromatic nitrogens is 3. The van der Waals surface area contributed by atoms with E-state index in [4.69, 9.17) is 14.5 Å². The predicted molar refractivity (Wildman–Crippen MR) is 160 cm³/mol. The number of fused-ring (bicyclic) bond motifs is 1. The minimum absolute atomic E-state index is 0.123. The zero-order valence-electron chi connectivity index (χ0n) is 23.5. The van der Waals surface area contributed by atoms with Crippen molar-refractivity contribution in [2.45, 2.75) is 50.5 Å². The standard InChI is InChI=1S/C31H34FN5O4S/c1-20-8-9-23-24(10-11-27(32)26(23)19-42(38,39)18-22-6-4-16-40-22)29(20)41-30-25(7-3-14-34-30)28-12-15-35-31(37-28)36-21-5-2-13-33-17-21/h3,7-12,14-15,21-22,33H,2,4-6,13,16-19H2,1H3,(H,35,36,37)/t21-,22-/m0/s1. The number of ether oxygens (including phenoxy) is 2. The summed E-state index contributed by atoms with van der Waals surface area (Å²) in [6.07, 6.45) is 6.66. The Morgan fingerprint density at radius 2 is 1.95 bits per heavy atom. The number of nitrogens with zero attached hydrogens (tertiary/aromatic N) is 3. The lowest BCUT2D eigenvalue weighted by Gasteiger charge is -2.23. The highest BCUT2D eigenvalue weighted by Gasteiger charge is 2.26. The van der Waals surface area contributed by atoms with Crippen molar-refractivity contribution >= 4 is 26.6 Å². The van der Waals surface area contributed by atoms with Gasteiger partial charge >= 0.3 is 0 Å². The van der Waals surface area contributed by atoms with Crippen LogP contribution in [0.2, 0.25) is 0 Å². The minimum Gasteiger partial charge on any atom is -0.437 e. The molecule has 2 aliphatic rings. The van der Waals surface area contributed by atoms with E-state index in [9.17, 15) is 8.42 Å². The van der Waals surface area contributed by atoms with E-state index < -0.39 is 21.4 Å². The van der Waals surface area contributed by atoms with Gasteiger partial charge in [0, 0.05) is 42.5 Å². The van der Waals surface area contributed by atoms with E-state index in [0.29, 0.717) is 52.6 Å². The van der Waals surface area contributed by atoms with Gasteiger partial charge in [0.1, 0.15) is 11.6 Å². The topological polar surface area (TPSA) is 115 Å². The summed E-state index contributed by atoms with van der Waals surface area (Å²) in [5.41, 5.74) is 2.24. The molecule has 2 atom stereocenters. The number of hydrogen-bond donors (Lipinski definition) is 2. The number of rotatable bonds is 9. The first-order valence-corrected chi connectivity index (χ1v) is 16.1. The smallest absolute Gasteiger partial charge is 0.228 e. The van der Waals surface area contributed by atoms with E-state index in [-0.39, 0.29) is 23.5 Å². The Morgan fingerprint density at radius 1 is 1.07 bits per heavy atom. The van der Waals surface area contributed by atoms with E-state index in [2.05, 4.69) is 20.6 Å². The Kier molecular flexibility index (Phi) is 8.32. The van der Waals surface area contributed by atoms with E-state index >= 15 is 4.39 Å². The zero-order valence-corrected chi connectivity index (χ0v) is 24.3. The van der Waals surface area contributed by atoms with Gasteiger partial charge < -0.3 is 20.1 Å². The molecule has 4 heterocycles. The first-order chi connectivity index (χ1) is 20.4. The molecule has 0 amide bonds. The Balaban J connectivity index is 1.32. The van der Waals surface area contributed by atoms with E-state index in [0.717, 1.165) is 37.9 Å². The third kappa shape index (κ3) is 6.38. The van der Waals surface area contributed by atoms with Crippen LogP contribution in [0.1, 0.15) is 36.8 Å². The number of nitrogens with one attached hydrogen (secondary N) is 2. The van der Waals surface area contributed by atoms with Crippen LogP contribution in [0, 0.1) is 12.7 Å². The molecule has 4 aromatic rings. The van der Waals surface area contributed by atoms with Crippen molar-refractivity contribution in [2.24, 2.45) is 0 Å². The van der Waals surface area contributed by atoms with Gasteiger partial charge in [-0.3, -0.25) is 0 Å². The molecule has 2 saturated heterocycles. The van der Waals surface area contributed by atoms with Gasteiger partial charge in [-0.05, 0) is 80.4 Å². The molecule has 2 aliphatic heterocycles. The van der Waals surface area contributed by atoms with Gasteiger partial charge in [0.15, 0.2) is 9.84 Å². The summed E-state index contributed by atoms with van der Waals surface area (Å²) in [5, 5.41) is 7.88. The molecule has 220 valence electrons. The monoisotopic (exact) mass is 591 g/mol. The lowest BCUT2D eigenvalue weighted by molar-refractivity contribution is 0.127. The average molecular weight is 592 g/mol. The maximum atomic E-state index is 15.1. The minimum atomic E-state index is -3.61. The first kappa shape index (κ1) is 28.4. The van der Waals surface area contributed by atoms with Gasteiger partial charge in [-0.25, -0.2) is 27.8 Å². The van der Waals surface area contributed by atoms with Crippen molar-refractivity contribution < 1.29 is 22.3 Å². The number of piperidine rings is 1. The largest absolute Gasteiger partial charge is 0.437 e. The van der Waals surface area contributed by atoms with E-state index in [1.54, 1.807) is 36.7 Å². The molecule has 0 unspecified atom stereocenters. The highest BCUT2D eigenvalue weighted by Crippen LogP contribution is 2.38. The molecule has 0 radical (unpaired) electrons. The molecule has 2 fully saturated rings. The van der Waals surface area contributed by atoms with Crippen LogP contribution in [0.3, 0.4) is 0 Å². The van der Waals surface area contributed by atoms with Gasteiger partial charge in [0.2, 0.25) is 11.8 Å². The quantitative estimate of drug-likeness (QED) is 0.271. The molecular weight excluding hydrogens is 557 g/mol. The lowest BCUT2D eigenvalue weighted by atomic mass is 10.0. The summed E-state index contributed by atoms with van der Waals surface area (Å²) >= 11 is 0. The van der Waals surface area contributed by atoms with Crippen LogP contribution in [0.5, 0.6) is 11.6 Å². The maximum Gasteiger partial charge on any atom is 0.228 e. The third-order valence-electron chi connectivity index (χ3n) is 7.76. The summed E-state index contributed by atoms with van der Waals surface area (Å²) in [6, 6.07) is 12.2. The van der Waals surface area contributed by atoms with Crippen LogP contribution in [-0.4, -0.2) is 61.0 Å². The van der Waals surface area contributed by atoms with Crippen LogP contribution in [0.15, 0.2) is 54.9 Å². The van der Waals surface area contributed by atoms with Crippen LogP contribution < -0.4 is 15.4 Å². The molecule has 0 bridgehead atoms. The van der Waals surface area contributed by atoms with Gasteiger partial charge in [-0.2, -0.15) is 0 Å². The second kappa shape index (κ2) is 12.3. The van der Waals surface area contributed by atoms with Crippen LogP contribution in [0.25, 0.3) is 22.0 Å². The van der Waals surface area contributed by atoms with Crippen molar-refractivity contribution in [3.05, 3.63) is 71.8 Å². The third-order valence-corrected chi connectivity index (χ3v) is 9.37. The lowest BCUT2D eigenvalue weighted by Crippen LogP contribution is -2.38. The molecule has 0 aliphatic carbocycles. The first-order valence-electron chi connectivity index (χ1n) is 14.3. The van der Waals surface area contributed by atoms with Crippen LogP contribution >= 0.6 is 0 Å².